The van der Waals surface area contributed by atoms with Crippen molar-refractivity contribution in [2.24, 2.45) is 0 Å². The van der Waals surface area contributed by atoms with Crippen LogP contribution in [0.5, 0.6) is 0 Å². The molecule has 20 heavy (non-hydrogen) atoms. The van der Waals surface area contributed by atoms with E-state index in [4.69, 9.17) is 0 Å². The number of piperidine rings is 1. The molecule has 2 rings (SSSR count). The van der Waals surface area contributed by atoms with Gasteiger partial charge in [-0.3, -0.25) is 4.79 Å². The average Bonchev–Trinajstić information content (AvgIpc) is 2.36. The molecule has 114 valence electrons. The topological polar surface area (TPSA) is 78.5 Å². The standard InChI is InChI=1S/C13H23N3O3S/c1-3-20(18,19)15-12-4-6-16(7-5-12)13(17)10(2)11-8-14-9-11/h12,14-15H,3-9H2,1-2H3. The third-order valence-electron chi connectivity index (χ3n) is 4.04. The lowest BCUT2D eigenvalue weighted by atomic mass is 10.0. The molecule has 2 aliphatic rings. The van der Waals surface area contributed by atoms with Crippen molar-refractivity contribution in [3.05, 3.63) is 11.1 Å². The van der Waals surface area contributed by atoms with Gasteiger partial charge in [-0.1, -0.05) is 0 Å². The van der Waals surface area contributed by atoms with Crippen molar-refractivity contribution in [2.45, 2.75) is 32.7 Å². The third-order valence-corrected chi connectivity index (χ3v) is 5.49. The van der Waals surface area contributed by atoms with Crippen molar-refractivity contribution in [3.63, 3.8) is 0 Å². The number of nitrogens with one attached hydrogen (secondary N) is 2. The van der Waals surface area contributed by atoms with Crippen molar-refractivity contribution in [1.29, 1.82) is 0 Å². The van der Waals surface area contributed by atoms with Crippen LogP contribution in [0.15, 0.2) is 11.1 Å². The summed E-state index contributed by atoms with van der Waals surface area (Å²) in [5, 5.41) is 3.13. The molecule has 0 unspecified atom stereocenters. The van der Waals surface area contributed by atoms with E-state index in [-0.39, 0.29) is 17.7 Å². The molecule has 2 fully saturated rings. The van der Waals surface area contributed by atoms with Crippen LogP contribution in [-0.4, -0.2) is 57.2 Å². The Morgan fingerprint density at radius 2 is 1.95 bits per heavy atom. The van der Waals surface area contributed by atoms with Crippen LogP contribution in [0, 0.1) is 0 Å². The van der Waals surface area contributed by atoms with Gasteiger partial charge in [0.05, 0.1) is 5.75 Å². The SMILES string of the molecule is CCS(=O)(=O)NC1CCN(C(=O)C(C)=C2CNC2)CC1. The van der Waals surface area contributed by atoms with Crippen LogP contribution in [0.25, 0.3) is 0 Å². The van der Waals surface area contributed by atoms with Crippen LogP contribution in [0.3, 0.4) is 0 Å². The molecule has 0 radical (unpaired) electrons. The molecule has 0 aromatic rings. The highest BCUT2D eigenvalue weighted by molar-refractivity contribution is 7.89. The molecule has 0 atom stereocenters. The van der Waals surface area contributed by atoms with E-state index in [1.807, 2.05) is 11.8 Å². The number of carbonyl (C=O) groups excluding carboxylic acids is 1. The summed E-state index contributed by atoms with van der Waals surface area (Å²) in [7, 11) is -3.15. The number of carbonyl (C=O) groups is 1. The van der Waals surface area contributed by atoms with E-state index in [9.17, 15) is 13.2 Å². The summed E-state index contributed by atoms with van der Waals surface area (Å²) in [4.78, 5) is 14.1. The number of nitrogens with zero attached hydrogens (tertiary/aromatic N) is 1. The van der Waals surface area contributed by atoms with Crippen molar-refractivity contribution >= 4 is 15.9 Å². The summed E-state index contributed by atoms with van der Waals surface area (Å²) in [6.45, 7) is 6.36. The first-order chi connectivity index (χ1) is 9.43. The molecule has 0 aliphatic carbocycles. The van der Waals surface area contributed by atoms with Gasteiger partial charge in [-0.15, -0.1) is 0 Å². The molecular formula is C13H23N3O3S. The summed E-state index contributed by atoms with van der Waals surface area (Å²) >= 11 is 0. The number of hydrogen-bond acceptors (Lipinski definition) is 4. The molecule has 6 nitrogen and oxygen atoms in total. The second kappa shape index (κ2) is 6.24. The fraction of sp³-hybridized carbons (Fsp3) is 0.769. The quantitative estimate of drug-likeness (QED) is 0.707. The number of likely N-dealkylation sites (tertiary alicyclic amines) is 1. The average molecular weight is 301 g/mol. The van der Waals surface area contributed by atoms with E-state index in [1.54, 1.807) is 6.92 Å². The van der Waals surface area contributed by atoms with Gasteiger partial charge in [0.15, 0.2) is 0 Å². The van der Waals surface area contributed by atoms with Gasteiger partial charge in [-0.05, 0) is 32.3 Å². The Labute approximate surface area is 120 Å². The first-order valence-corrected chi connectivity index (χ1v) is 8.77. The summed E-state index contributed by atoms with van der Waals surface area (Å²) < 4.78 is 25.7. The highest BCUT2D eigenvalue weighted by Gasteiger charge is 2.27. The van der Waals surface area contributed by atoms with Crippen LogP contribution >= 0.6 is 0 Å². The highest BCUT2D eigenvalue weighted by Crippen LogP contribution is 2.17. The monoisotopic (exact) mass is 301 g/mol. The number of rotatable bonds is 4. The molecule has 0 aromatic heterocycles. The van der Waals surface area contributed by atoms with Crippen LogP contribution in [0.4, 0.5) is 0 Å². The van der Waals surface area contributed by atoms with Gasteiger partial charge >= 0.3 is 0 Å². The third kappa shape index (κ3) is 3.59. The summed E-state index contributed by atoms with van der Waals surface area (Å²) in [6.07, 6.45) is 1.37. The molecule has 0 bridgehead atoms. The van der Waals surface area contributed by atoms with Crippen LogP contribution in [0.2, 0.25) is 0 Å². The minimum absolute atomic E-state index is 0.0395. The van der Waals surface area contributed by atoms with Crippen LogP contribution in [-0.2, 0) is 14.8 Å². The predicted octanol–water partition coefficient (Wildman–Crippen LogP) is -0.164. The van der Waals surface area contributed by atoms with Gasteiger partial charge < -0.3 is 10.2 Å². The van der Waals surface area contributed by atoms with E-state index >= 15 is 0 Å². The molecule has 0 saturated carbocycles. The van der Waals surface area contributed by atoms with Gasteiger partial charge in [-0.2, -0.15) is 0 Å². The maximum atomic E-state index is 12.3. The molecule has 7 heteroatoms. The molecule has 1 amide bonds. The Hall–Kier alpha value is -0.920. The van der Waals surface area contributed by atoms with Gasteiger partial charge in [0.2, 0.25) is 15.9 Å². The summed E-state index contributed by atoms with van der Waals surface area (Å²) in [5.74, 6) is 0.197. The van der Waals surface area contributed by atoms with E-state index in [0.29, 0.717) is 25.9 Å². The Morgan fingerprint density at radius 3 is 2.40 bits per heavy atom. The normalized spacial score (nSPS) is 20.7. The summed E-state index contributed by atoms with van der Waals surface area (Å²) in [5.41, 5.74) is 2.03. The lowest BCUT2D eigenvalue weighted by Gasteiger charge is -2.33. The minimum Gasteiger partial charge on any atom is -0.339 e. The van der Waals surface area contributed by atoms with E-state index in [0.717, 1.165) is 18.7 Å². The zero-order valence-electron chi connectivity index (χ0n) is 12.1. The Morgan fingerprint density at radius 1 is 1.35 bits per heavy atom. The molecular weight excluding hydrogens is 278 g/mol. The van der Waals surface area contributed by atoms with Crippen LogP contribution in [0.1, 0.15) is 26.7 Å². The van der Waals surface area contributed by atoms with E-state index < -0.39 is 10.0 Å². The molecule has 0 aromatic carbocycles. The molecule has 0 spiro atoms. The number of amides is 1. The lowest BCUT2D eigenvalue weighted by molar-refractivity contribution is -0.128. The highest BCUT2D eigenvalue weighted by atomic mass is 32.2. The number of hydrogen-bond donors (Lipinski definition) is 2. The van der Waals surface area contributed by atoms with Crippen molar-refractivity contribution < 1.29 is 13.2 Å². The Kier molecular flexibility index (Phi) is 4.82. The van der Waals surface area contributed by atoms with Crippen molar-refractivity contribution in [2.75, 3.05) is 31.9 Å². The second-order valence-electron chi connectivity index (χ2n) is 5.42. The fourth-order valence-corrected chi connectivity index (χ4v) is 3.35. The predicted molar refractivity (Wildman–Crippen MR) is 77.8 cm³/mol. The second-order valence-corrected chi connectivity index (χ2v) is 7.46. The molecule has 2 N–H and O–H groups in total. The van der Waals surface area contributed by atoms with Gasteiger partial charge in [0.1, 0.15) is 0 Å². The maximum Gasteiger partial charge on any atom is 0.249 e. The zero-order chi connectivity index (χ0) is 14.8. The Balaban J connectivity index is 1.87. The van der Waals surface area contributed by atoms with Crippen molar-refractivity contribution in [3.8, 4) is 0 Å². The Bertz CT molecular complexity index is 499. The van der Waals surface area contributed by atoms with Crippen LogP contribution < -0.4 is 10.0 Å². The van der Waals surface area contributed by atoms with E-state index in [1.165, 1.54) is 5.57 Å². The lowest BCUT2D eigenvalue weighted by Crippen LogP contribution is -2.47. The van der Waals surface area contributed by atoms with Gasteiger partial charge in [0.25, 0.3) is 0 Å². The zero-order valence-corrected chi connectivity index (χ0v) is 12.9. The molecule has 2 aliphatic heterocycles. The van der Waals surface area contributed by atoms with Crippen molar-refractivity contribution in [1.82, 2.24) is 14.9 Å². The fourth-order valence-electron chi connectivity index (χ4n) is 2.44. The maximum absolute atomic E-state index is 12.3. The van der Waals surface area contributed by atoms with Gasteiger partial charge in [0, 0.05) is 37.8 Å². The van der Waals surface area contributed by atoms with Gasteiger partial charge in [-0.25, -0.2) is 13.1 Å². The molecule has 2 heterocycles. The molecule has 2 saturated heterocycles. The largest absolute Gasteiger partial charge is 0.339 e. The minimum atomic E-state index is -3.15. The van der Waals surface area contributed by atoms with E-state index in [2.05, 4.69) is 10.0 Å². The first-order valence-electron chi connectivity index (χ1n) is 7.11. The first kappa shape index (κ1) is 15.5. The summed E-state index contributed by atoms with van der Waals surface area (Å²) in [6, 6.07) is -0.0395. The number of sulfonamides is 1. The smallest absolute Gasteiger partial charge is 0.249 e.